The lowest BCUT2D eigenvalue weighted by Gasteiger charge is -2.17. The SMILES string of the molecule is CCOc1ccc(NC(=O)c2cc(OC)ccc2Br)cc1S(=O)(=O)N(C)C. The molecule has 0 saturated heterocycles. The van der Waals surface area contributed by atoms with E-state index in [2.05, 4.69) is 21.2 Å². The molecule has 2 aromatic rings. The van der Waals surface area contributed by atoms with Gasteiger partial charge in [-0.25, -0.2) is 12.7 Å². The van der Waals surface area contributed by atoms with Crippen LogP contribution in [0.15, 0.2) is 45.8 Å². The molecule has 7 nitrogen and oxygen atoms in total. The molecular weight excluding hydrogens is 436 g/mol. The van der Waals surface area contributed by atoms with E-state index in [9.17, 15) is 13.2 Å². The van der Waals surface area contributed by atoms with E-state index in [-0.39, 0.29) is 10.6 Å². The van der Waals surface area contributed by atoms with E-state index in [0.29, 0.717) is 28.1 Å². The Balaban J connectivity index is 2.41. The lowest BCUT2D eigenvalue weighted by molar-refractivity contribution is 0.102. The molecule has 0 saturated carbocycles. The maximum atomic E-state index is 12.6. The number of anilines is 1. The number of nitrogens with zero attached hydrogens (tertiary/aromatic N) is 1. The van der Waals surface area contributed by atoms with Crippen molar-refractivity contribution in [1.82, 2.24) is 4.31 Å². The second kappa shape index (κ2) is 8.73. The predicted molar refractivity (Wildman–Crippen MR) is 107 cm³/mol. The number of benzene rings is 2. The fourth-order valence-electron chi connectivity index (χ4n) is 2.26. The monoisotopic (exact) mass is 456 g/mol. The Labute approximate surface area is 167 Å². The van der Waals surface area contributed by atoms with Gasteiger partial charge < -0.3 is 14.8 Å². The molecule has 0 aliphatic heterocycles. The van der Waals surface area contributed by atoms with Crippen LogP contribution in [0.5, 0.6) is 11.5 Å². The maximum absolute atomic E-state index is 12.6. The average molecular weight is 457 g/mol. The Morgan fingerprint density at radius 1 is 1.19 bits per heavy atom. The van der Waals surface area contributed by atoms with Gasteiger partial charge >= 0.3 is 0 Å². The van der Waals surface area contributed by atoms with Crippen LogP contribution >= 0.6 is 15.9 Å². The summed E-state index contributed by atoms with van der Waals surface area (Å²) >= 11 is 3.33. The van der Waals surface area contributed by atoms with Crippen molar-refractivity contribution in [2.24, 2.45) is 0 Å². The Hall–Kier alpha value is -2.10. The zero-order valence-electron chi connectivity index (χ0n) is 15.4. The van der Waals surface area contributed by atoms with Crippen LogP contribution in [-0.4, -0.2) is 46.4 Å². The molecule has 0 fully saturated rings. The molecule has 0 bridgehead atoms. The molecule has 0 unspecified atom stereocenters. The summed E-state index contributed by atoms with van der Waals surface area (Å²) < 4.78 is 37.4. The highest BCUT2D eigenvalue weighted by atomic mass is 79.9. The minimum atomic E-state index is -3.74. The molecule has 0 radical (unpaired) electrons. The normalized spacial score (nSPS) is 11.3. The maximum Gasteiger partial charge on any atom is 0.256 e. The number of sulfonamides is 1. The molecule has 0 heterocycles. The minimum absolute atomic E-state index is 0.0168. The molecule has 2 aromatic carbocycles. The van der Waals surface area contributed by atoms with Gasteiger partial charge in [-0.3, -0.25) is 4.79 Å². The van der Waals surface area contributed by atoms with Gasteiger partial charge in [0.2, 0.25) is 10.0 Å². The highest BCUT2D eigenvalue weighted by molar-refractivity contribution is 9.10. The first-order valence-corrected chi connectivity index (χ1v) is 10.3. The largest absolute Gasteiger partial charge is 0.497 e. The Kier molecular flexibility index (Phi) is 6.85. The van der Waals surface area contributed by atoms with Crippen molar-refractivity contribution in [3.8, 4) is 11.5 Å². The Morgan fingerprint density at radius 3 is 2.48 bits per heavy atom. The van der Waals surface area contributed by atoms with Crippen molar-refractivity contribution in [1.29, 1.82) is 0 Å². The van der Waals surface area contributed by atoms with Gasteiger partial charge in [0, 0.05) is 24.3 Å². The molecule has 0 atom stereocenters. The number of hydrogen-bond donors (Lipinski definition) is 1. The fourth-order valence-corrected chi connectivity index (χ4v) is 3.74. The van der Waals surface area contributed by atoms with Crippen molar-refractivity contribution < 1.29 is 22.7 Å². The van der Waals surface area contributed by atoms with Gasteiger partial charge in [0.25, 0.3) is 5.91 Å². The zero-order chi connectivity index (χ0) is 20.2. The van der Waals surface area contributed by atoms with Crippen molar-refractivity contribution in [2.45, 2.75) is 11.8 Å². The third-order valence-corrected chi connectivity index (χ3v) is 6.21. The Bertz CT molecular complexity index is 945. The molecule has 9 heteroatoms. The first-order valence-electron chi connectivity index (χ1n) is 8.05. The first kappa shape index (κ1) is 21.2. The summed E-state index contributed by atoms with van der Waals surface area (Å²) in [5.74, 6) is 0.357. The molecule has 0 aliphatic rings. The van der Waals surface area contributed by atoms with Gasteiger partial charge in [-0.15, -0.1) is 0 Å². The van der Waals surface area contributed by atoms with Crippen LogP contribution in [0.25, 0.3) is 0 Å². The van der Waals surface area contributed by atoms with Gasteiger partial charge in [-0.1, -0.05) is 0 Å². The van der Waals surface area contributed by atoms with E-state index in [1.165, 1.54) is 33.3 Å². The van der Waals surface area contributed by atoms with Crippen LogP contribution in [0.1, 0.15) is 17.3 Å². The number of ether oxygens (including phenoxy) is 2. The second-order valence-electron chi connectivity index (χ2n) is 5.68. The van der Waals surface area contributed by atoms with E-state index in [4.69, 9.17) is 9.47 Å². The third kappa shape index (κ3) is 4.79. The number of nitrogens with one attached hydrogen (secondary N) is 1. The molecule has 1 N–H and O–H groups in total. The van der Waals surface area contributed by atoms with Crippen LogP contribution in [0.3, 0.4) is 0 Å². The smallest absolute Gasteiger partial charge is 0.256 e. The van der Waals surface area contributed by atoms with E-state index in [1.54, 1.807) is 31.2 Å². The van der Waals surface area contributed by atoms with E-state index >= 15 is 0 Å². The summed E-state index contributed by atoms with van der Waals surface area (Å²) in [5, 5.41) is 2.71. The van der Waals surface area contributed by atoms with Crippen LogP contribution in [0.4, 0.5) is 5.69 Å². The summed E-state index contributed by atoms with van der Waals surface area (Å²) in [5.41, 5.74) is 0.693. The quantitative estimate of drug-likeness (QED) is 0.690. The molecular formula is C18H21BrN2O5S. The fraction of sp³-hybridized carbons (Fsp3) is 0.278. The van der Waals surface area contributed by atoms with Crippen molar-refractivity contribution in [3.63, 3.8) is 0 Å². The highest BCUT2D eigenvalue weighted by Crippen LogP contribution is 2.30. The van der Waals surface area contributed by atoms with Crippen molar-refractivity contribution in [3.05, 3.63) is 46.4 Å². The summed E-state index contributed by atoms with van der Waals surface area (Å²) in [6, 6.07) is 9.51. The molecule has 1 amide bonds. The van der Waals surface area contributed by atoms with Gasteiger partial charge in [0.05, 0.1) is 19.3 Å². The van der Waals surface area contributed by atoms with Gasteiger partial charge in [0.15, 0.2) is 0 Å². The summed E-state index contributed by atoms with van der Waals surface area (Å²) in [6.45, 7) is 2.08. The standard InChI is InChI=1S/C18H21BrN2O5S/c1-5-26-16-9-6-12(10-17(16)27(23,24)21(2)3)20-18(22)14-11-13(25-4)7-8-15(14)19/h6-11H,5H2,1-4H3,(H,20,22). The number of amides is 1. The van der Waals surface area contributed by atoms with Gasteiger partial charge in [0.1, 0.15) is 16.4 Å². The molecule has 146 valence electrons. The van der Waals surface area contributed by atoms with E-state index in [1.807, 2.05) is 0 Å². The van der Waals surface area contributed by atoms with E-state index < -0.39 is 15.9 Å². The molecule has 0 aliphatic carbocycles. The first-order chi connectivity index (χ1) is 12.7. The van der Waals surface area contributed by atoms with Crippen LogP contribution in [-0.2, 0) is 10.0 Å². The number of carbonyl (C=O) groups excluding carboxylic acids is 1. The van der Waals surface area contributed by atoms with Gasteiger partial charge in [-0.2, -0.15) is 0 Å². The predicted octanol–water partition coefficient (Wildman–Crippen LogP) is 3.36. The summed E-state index contributed by atoms with van der Waals surface area (Å²) in [7, 11) is 0.634. The zero-order valence-corrected chi connectivity index (χ0v) is 17.8. The lowest BCUT2D eigenvalue weighted by atomic mass is 10.2. The number of carbonyl (C=O) groups is 1. The molecule has 27 heavy (non-hydrogen) atoms. The van der Waals surface area contributed by atoms with Crippen molar-refractivity contribution in [2.75, 3.05) is 33.1 Å². The minimum Gasteiger partial charge on any atom is -0.497 e. The van der Waals surface area contributed by atoms with Crippen LogP contribution < -0.4 is 14.8 Å². The van der Waals surface area contributed by atoms with Gasteiger partial charge in [-0.05, 0) is 59.3 Å². The number of hydrogen-bond acceptors (Lipinski definition) is 5. The number of halogens is 1. The van der Waals surface area contributed by atoms with E-state index in [0.717, 1.165) is 4.31 Å². The number of rotatable bonds is 7. The molecule has 0 aromatic heterocycles. The molecule has 0 spiro atoms. The third-order valence-electron chi connectivity index (χ3n) is 3.68. The van der Waals surface area contributed by atoms with Crippen molar-refractivity contribution >= 4 is 37.5 Å². The molecule has 2 rings (SSSR count). The van der Waals surface area contributed by atoms with Crippen LogP contribution in [0, 0.1) is 0 Å². The lowest BCUT2D eigenvalue weighted by Crippen LogP contribution is -2.23. The number of methoxy groups -OCH3 is 1. The Morgan fingerprint density at radius 2 is 1.89 bits per heavy atom. The average Bonchev–Trinajstić information content (AvgIpc) is 2.63. The topological polar surface area (TPSA) is 84.9 Å². The second-order valence-corrected chi connectivity index (χ2v) is 8.66. The van der Waals surface area contributed by atoms with Crippen LogP contribution in [0.2, 0.25) is 0 Å². The summed E-state index contributed by atoms with van der Waals surface area (Å²) in [4.78, 5) is 12.6. The highest BCUT2D eigenvalue weighted by Gasteiger charge is 2.23. The summed E-state index contributed by atoms with van der Waals surface area (Å²) in [6.07, 6.45) is 0.